The van der Waals surface area contributed by atoms with Gasteiger partial charge in [0.15, 0.2) is 0 Å². The van der Waals surface area contributed by atoms with Crippen LogP contribution in [-0.2, 0) is 0 Å². The van der Waals surface area contributed by atoms with Crippen LogP contribution in [0.15, 0.2) is 0 Å². The van der Waals surface area contributed by atoms with Gasteiger partial charge in [-0.3, -0.25) is 0 Å². The number of halogens is 5. The van der Waals surface area contributed by atoms with Crippen LogP contribution < -0.4 is 0 Å². The lowest BCUT2D eigenvalue weighted by atomic mass is 10.0. The maximum Gasteiger partial charge on any atom is 0.0282 e. The molecule has 0 aromatic rings. The van der Waals surface area contributed by atoms with Crippen LogP contribution in [0.3, 0.4) is 0 Å². The van der Waals surface area contributed by atoms with Gasteiger partial charge in [-0.1, -0.05) is 132 Å². The molecular weight excluding hydrogens is 604 g/mol. The number of hydrogen-bond donors (Lipinski definition) is 0. The minimum atomic E-state index is 0.547. The highest BCUT2D eigenvalue weighted by Crippen LogP contribution is 2.31. The molecule has 134 valence electrons. The first-order chi connectivity index (χ1) is 10.5. The van der Waals surface area contributed by atoms with E-state index in [4.69, 9.17) is 0 Å². The van der Waals surface area contributed by atoms with Crippen molar-refractivity contribution >= 4 is 79.6 Å². The molecule has 0 radical (unpaired) electrons. The zero-order chi connectivity index (χ0) is 16.8. The Kier molecular flexibility index (Phi) is 18.7. The van der Waals surface area contributed by atoms with Crippen LogP contribution in [0, 0.1) is 0 Å². The van der Waals surface area contributed by atoms with Crippen LogP contribution in [0.5, 0.6) is 0 Å². The van der Waals surface area contributed by atoms with Crippen molar-refractivity contribution in [3.63, 3.8) is 0 Å². The summed E-state index contributed by atoms with van der Waals surface area (Å²) in [4.78, 5) is 2.26. The highest BCUT2D eigenvalue weighted by molar-refractivity contribution is 9.13. The summed E-state index contributed by atoms with van der Waals surface area (Å²) in [5, 5.41) is 1.15. The number of unbranched alkanes of at least 4 members (excludes halogenated alkanes) is 6. The Bertz CT molecular complexity index is 237. The van der Waals surface area contributed by atoms with Gasteiger partial charge in [0.1, 0.15) is 0 Å². The molecule has 0 fully saturated rings. The third-order valence-corrected chi connectivity index (χ3v) is 10.1. The van der Waals surface area contributed by atoms with E-state index in [-0.39, 0.29) is 0 Å². The van der Waals surface area contributed by atoms with Crippen molar-refractivity contribution in [1.29, 1.82) is 0 Å². The Labute approximate surface area is 180 Å². The van der Waals surface area contributed by atoms with Gasteiger partial charge in [-0.2, -0.15) is 0 Å². The van der Waals surface area contributed by atoms with Gasteiger partial charge in [0.2, 0.25) is 0 Å². The molecular formula is C17H31Br5. The largest absolute Gasteiger partial charge is 0.0928 e. The molecule has 0 nitrogen and oxygen atoms in total. The van der Waals surface area contributed by atoms with Gasteiger partial charge in [-0.25, -0.2) is 0 Å². The van der Waals surface area contributed by atoms with E-state index in [1.54, 1.807) is 0 Å². The average Bonchev–Trinajstić information content (AvgIpc) is 2.50. The highest BCUT2D eigenvalue weighted by atomic mass is 79.9. The third kappa shape index (κ3) is 13.7. The van der Waals surface area contributed by atoms with Gasteiger partial charge >= 0.3 is 0 Å². The van der Waals surface area contributed by atoms with E-state index >= 15 is 0 Å². The molecule has 0 aliphatic heterocycles. The summed E-state index contributed by atoms with van der Waals surface area (Å²) in [5.41, 5.74) is 0. The molecule has 0 aromatic heterocycles. The second-order valence-electron chi connectivity index (χ2n) is 6.04. The number of hydrogen-bond acceptors (Lipinski definition) is 0. The molecule has 4 atom stereocenters. The summed E-state index contributed by atoms with van der Waals surface area (Å²) >= 11 is 19.0. The second-order valence-corrected chi connectivity index (χ2v) is 11.5. The highest BCUT2D eigenvalue weighted by Gasteiger charge is 2.23. The summed E-state index contributed by atoms with van der Waals surface area (Å²) in [6, 6.07) is 0. The fourth-order valence-electron chi connectivity index (χ4n) is 2.43. The quantitative estimate of drug-likeness (QED) is 0.125. The molecule has 0 saturated carbocycles. The van der Waals surface area contributed by atoms with Crippen molar-refractivity contribution in [1.82, 2.24) is 0 Å². The first-order valence-electron chi connectivity index (χ1n) is 8.65. The van der Waals surface area contributed by atoms with Gasteiger partial charge in [-0.15, -0.1) is 0 Å². The molecule has 0 spiro atoms. The van der Waals surface area contributed by atoms with Crippen molar-refractivity contribution < 1.29 is 0 Å². The molecule has 5 heteroatoms. The number of rotatable bonds is 15. The van der Waals surface area contributed by atoms with Crippen LogP contribution >= 0.6 is 79.6 Å². The maximum atomic E-state index is 3.88. The van der Waals surface area contributed by atoms with Crippen molar-refractivity contribution in [2.24, 2.45) is 0 Å². The van der Waals surface area contributed by atoms with E-state index in [2.05, 4.69) is 86.6 Å². The zero-order valence-electron chi connectivity index (χ0n) is 13.7. The minimum Gasteiger partial charge on any atom is -0.0928 e. The van der Waals surface area contributed by atoms with E-state index in [1.807, 2.05) is 0 Å². The van der Waals surface area contributed by atoms with Crippen LogP contribution in [0.1, 0.15) is 77.6 Å². The van der Waals surface area contributed by atoms with E-state index in [9.17, 15) is 0 Å². The Morgan fingerprint density at radius 1 is 0.591 bits per heavy atom. The summed E-state index contributed by atoms with van der Waals surface area (Å²) in [6.45, 7) is 2.26. The SMILES string of the molecule is CCCCCC(Br)C(Br)CC(Br)C(Br)CCCCCCCBr. The lowest BCUT2D eigenvalue weighted by Crippen LogP contribution is -2.23. The van der Waals surface area contributed by atoms with Gasteiger partial charge in [-0.05, 0) is 25.7 Å². The maximum absolute atomic E-state index is 3.88. The van der Waals surface area contributed by atoms with Gasteiger partial charge in [0.25, 0.3) is 0 Å². The summed E-state index contributed by atoms with van der Waals surface area (Å²) in [6.07, 6.45) is 14.4. The van der Waals surface area contributed by atoms with Crippen LogP contribution in [0.25, 0.3) is 0 Å². The summed E-state index contributed by atoms with van der Waals surface area (Å²) in [5.74, 6) is 0. The predicted molar refractivity (Wildman–Crippen MR) is 121 cm³/mol. The van der Waals surface area contributed by atoms with Gasteiger partial charge in [0.05, 0.1) is 0 Å². The smallest absolute Gasteiger partial charge is 0.0282 e. The molecule has 0 aromatic carbocycles. The second kappa shape index (κ2) is 16.8. The Morgan fingerprint density at radius 3 is 1.55 bits per heavy atom. The average molecular weight is 635 g/mol. The molecule has 0 N–H and O–H groups in total. The van der Waals surface area contributed by atoms with Crippen molar-refractivity contribution in [3.8, 4) is 0 Å². The molecule has 22 heavy (non-hydrogen) atoms. The lowest BCUT2D eigenvalue weighted by molar-refractivity contribution is 0.572. The van der Waals surface area contributed by atoms with Crippen molar-refractivity contribution in [2.45, 2.75) is 96.9 Å². The van der Waals surface area contributed by atoms with E-state index in [0.717, 1.165) is 5.33 Å². The predicted octanol–water partition coefficient (Wildman–Crippen LogP) is 8.75. The number of alkyl halides is 5. The normalized spacial score (nSPS) is 17.2. The minimum absolute atomic E-state index is 0.547. The Balaban J connectivity index is 3.76. The molecule has 0 saturated heterocycles. The molecule has 0 amide bonds. The van der Waals surface area contributed by atoms with Gasteiger partial charge < -0.3 is 0 Å². The fraction of sp³-hybridized carbons (Fsp3) is 1.00. The van der Waals surface area contributed by atoms with Gasteiger partial charge in [0, 0.05) is 24.6 Å². The first kappa shape index (κ1) is 24.4. The Hall–Kier alpha value is 2.40. The van der Waals surface area contributed by atoms with E-state index < -0.39 is 0 Å². The summed E-state index contributed by atoms with van der Waals surface area (Å²) < 4.78 is 0. The molecule has 0 aliphatic carbocycles. The molecule has 0 heterocycles. The Morgan fingerprint density at radius 2 is 1.05 bits per heavy atom. The van der Waals surface area contributed by atoms with Crippen molar-refractivity contribution in [3.05, 3.63) is 0 Å². The van der Waals surface area contributed by atoms with Crippen LogP contribution in [0.2, 0.25) is 0 Å². The molecule has 0 rings (SSSR count). The van der Waals surface area contributed by atoms with Crippen LogP contribution in [-0.4, -0.2) is 24.6 Å². The van der Waals surface area contributed by atoms with E-state index in [1.165, 1.54) is 70.6 Å². The van der Waals surface area contributed by atoms with Crippen molar-refractivity contribution in [2.75, 3.05) is 5.33 Å². The summed E-state index contributed by atoms with van der Waals surface area (Å²) in [7, 11) is 0. The zero-order valence-corrected chi connectivity index (χ0v) is 21.6. The molecule has 0 bridgehead atoms. The molecule has 4 unspecified atom stereocenters. The lowest BCUT2D eigenvalue weighted by Gasteiger charge is -2.23. The fourth-order valence-corrected chi connectivity index (χ4v) is 5.74. The first-order valence-corrected chi connectivity index (χ1v) is 13.4. The third-order valence-electron chi connectivity index (χ3n) is 3.93. The standard InChI is InChI=1S/C17H31Br5/c1-2-3-7-10-14(19)16(21)13-17(22)15(20)11-8-5-4-6-9-12-18/h14-17H,2-13H2,1H3. The topological polar surface area (TPSA) is 0 Å². The van der Waals surface area contributed by atoms with Crippen LogP contribution in [0.4, 0.5) is 0 Å². The monoisotopic (exact) mass is 630 g/mol. The molecule has 0 aliphatic rings. The van der Waals surface area contributed by atoms with E-state index in [0.29, 0.717) is 19.3 Å².